The van der Waals surface area contributed by atoms with Crippen LogP contribution in [0.5, 0.6) is 0 Å². The van der Waals surface area contributed by atoms with E-state index < -0.39 is 0 Å². The van der Waals surface area contributed by atoms with Gasteiger partial charge in [-0.25, -0.2) is 9.07 Å². The average molecular weight is 414 g/mol. The number of piperazine rings is 1. The van der Waals surface area contributed by atoms with Crippen molar-refractivity contribution in [2.45, 2.75) is 39.4 Å². The van der Waals surface area contributed by atoms with Gasteiger partial charge in [-0.1, -0.05) is 31.2 Å². The van der Waals surface area contributed by atoms with Gasteiger partial charge in [-0.05, 0) is 30.0 Å². The van der Waals surface area contributed by atoms with Crippen LogP contribution in [0.15, 0.2) is 24.3 Å². The van der Waals surface area contributed by atoms with Crippen molar-refractivity contribution in [1.29, 1.82) is 0 Å². The van der Waals surface area contributed by atoms with Crippen LogP contribution in [0.1, 0.15) is 46.8 Å². The molecule has 1 aromatic heterocycles. The third-order valence-corrected chi connectivity index (χ3v) is 5.62. The van der Waals surface area contributed by atoms with Crippen molar-refractivity contribution >= 4 is 11.8 Å². The highest BCUT2D eigenvalue weighted by atomic mass is 19.1. The quantitative estimate of drug-likeness (QED) is 0.802. The molecule has 160 valence electrons. The predicted octanol–water partition coefficient (Wildman–Crippen LogP) is 1.53. The number of nitrogens with zero attached hydrogens (tertiary/aromatic N) is 5. The molecule has 0 spiro atoms. The van der Waals surface area contributed by atoms with E-state index in [9.17, 15) is 14.0 Å². The number of benzene rings is 1. The Morgan fingerprint density at radius 2 is 1.90 bits per heavy atom. The maximum atomic E-state index is 13.1. The molecule has 2 amide bonds. The van der Waals surface area contributed by atoms with Gasteiger partial charge in [0.1, 0.15) is 5.82 Å². The zero-order valence-electron chi connectivity index (χ0n) is 17.3. The molecule has 3 heterocycles. The lowest BCUT2D eigenvalue weighted by atomic mass is 10.0. The van der Waals surface area contributed by atoms with Crippen molar-refractivity contribution in [2.75, 3.05) is 26.2 Å². The molecule has 0 bridgehead atoms. The summed E-state index contributed by atoms with van der Waals surface area (Å²) in [7, 11) is 0. The van der Waals surface area contributed by atoms with Gasteiger partial charge in [0, 0.05) is 38.8 Å². The summed E-state index contributed by atoms with van der Waals surface area (Å²) < 4.78 is 14.6. The highest BCUT2D eigenvalue weighted by Gasteiger charge is 2.34. The first-order valence-corrected chi connectivity index (χ1v) is 10.4. The maximum absolute atomic E-state index is 13.1. The molecule has 30 heavy (non-hydrogen) atoms. The first kappa shape index (κ1) is 20.5. The van der Waals surface area contributed by atoms with Crippen LogP contribution in [0.25, 0.3) is 0 Å². The summed E-state index contributed by atoms with van der Waals surface area (Å²) in [6, 6.07) is 6.48. The molecule has 1 atom stereocenters. The van der Waals surface area contributed by atoms with Gasteiger partial charge in [-0.2, -0.15) is 0 Å². The normalized spacial score (nSPS) is 19.7. The van der Waals surface area contributed by atoms with Crippen molar-refractivity contribution in [3.05, 3.63) is 47.0 Å². The molecule has 9 heteroatoms. The fourth-order valence-electron chi connectivity index (χ4n) is 4.13. The topological polar surface area (TPSA) is 83.4 Å². The molecule has 0 unspecified atom stereocenters. The molecular formula is C21H27FN6O2. The Labute approximate surface area is 175 Å². The lowest BCUT2D eigenvalue weighted by Gasteiger charge is -2.34. The number of nitrogens with one attached hydrogen (secondary N) is 1. The first-order valence-electron chi connectivity index (χ1n) is 10.4. The minimum absolute atomic E-state index is 0.00431. The SMILES string of the molecule is CC(C)C[C@H]1Cn2nnc(C(=O)N3CCN(Cc4ccc(F)cc4)CC3)c2C(=O)N1. The Hall–Kier alpha value is -2.81. The van der Waals surface area contributed by atoms with Crippen LogP contribution in [0.3, 0.4) is 0 Å². The summed E-state index contributed by atoms with van der Waals surface area (Å²) in [4.78, 5) is 29.6. The first-order chi connectivity index (χ1) is 14.4. The highest BCUT2D eigenvalue weighted by molar-refractivity contribution is 6.05. The standard InChI is InChI=1S/C21H27FN6O2/c1-14(2)11-17-13-28-19(20(29)23-17)18(24-25-28)21(30)27-9-7-26(8-10-27)12-15-3-5-16(22)6-4-15/h3-6,14,17H,7-13H2,1-2H3,(H,23,29)/t17-/m0/s1. The third-order valence-electron chi connectivity index (χ3n) is 5.62. The molecule has 2 aliphatic heterocycles. The molecule has 1 aromatic carbocycles. The fourth-order valence-corrected chi connectivity index (χ4v) is 4.13. The third kappa shape index (κ3) is 4.35. The molecule has 0 aliphatic carbocycles. The summed E-state index contributed by atoms with van der Waals surface area (Å²) in [5, 5.41) is 11.1. The van der Waals surface area contributed by atoms with E-state index in [4.69, 9.17) is 0 Å². The minimum atomic E-state index is -0.282. The van der Waals surface area contributed by atoms with Crippen molar-refractivity contribution < 1.29 is 14.0 Å². The molecular weight excluding hydrogens is 387 g/mol. The Morgan fingerprint density at radius 3 is 2.57 bits per heavy atom. The number of aromatic nitrogens is 3. The number of halogens is 1. The van der Waals surface area contributed by atoms with E-state index >= 15 is 0 Å². The van der Waals surface area contributed by atoms with Crippen molar-refractivity contribution in [2.24, 2.45) is 5.92 Å². The van der Waals surface area contributed by atoms with Gasteiger partial charge < -0.3 is 10.2 Å². The van der Waals surface area contributed by atoms with Gasteiger partial charge in [0.25, 0.3) is 11.8 Å². The van der Waals surface area contributed by atoms with E-state index in [-0.39, 0.29) is 35.1 Å². The van der Waals surface area contributed by atoms with Gasteiger partial charge in [0.05, 0.1) is 6.54 Å². The monoisotopic (exact) mass is 414 g/mol. The zero-order valence-corrected chi connectivity index (χ0v) is 17.3. The molecule has 1 N–H and O–H groups in total. The van der Waals surface area contributed by atoms with Gasteiger partial charge in [-0.15, -0.1) is 5.10 Å². The van der Waals surface area contributed by atoms with Gasteiger partial charge in [0.15, 0.2) is 11.4 Å². The number of fused-ring (bicyclic) bond motifs is 1. The second-order valence-electron chi connectivity index (χ2n) is 8.46. The number of hydrogen-bond acceptors (Lipinski definition) is 5. The van der Waals surface area contributed by atoms with Crippen molar-refractivity contribution in [3.63, 3.8) is 0 Å². The molecule has 4 rings (SSSR count). The van der Waals surface area contributed by atoms with E-state index in [1.165, 1.54) is 12.1 Å². The molecule has 1 fully saturated rings. The van der Waals surface area contributed by atoms with E-state index in [0.29, 0.717) is 45.2 Å². The number of carbonyl (C=O) groups is 2. The van der Waals surface area contributed by atoms with Crippen LogP contribution in [-0.2, 0) is 13.1 Å². The Morgan fingerprint density at radius 1 is 1.20 bits per heavy atom. The predicted molar refractivity (Wildman–Crippen MR) is 108 cm³/mol. The smallest absolute Gasteiger partial charge is 0.276 e. The van der Waals surface area contributed by atoms with Crippen LogP contribution in [0.2, 0.25) is 0 Å². The van der Waals surface area contributed by atoms with Crippen LogP contribution >= 0.6 is 0 Å². The minimum Gasteiger partial charge on any atom is -0.346 e. The lowest BCUT2D eigenvalue weighted by molar-refractivity contribution is 0.0617. The maximum Gasteiger partial charge on any atom is 0.276 e. The summed E-state index contributed by atoms with van der Waals surface area (Å²) in [6.45, 7) is 7.95. The molecule has 1 saturated heterocycles. The number of amides is 2. The zero-order chi connectivity index (χ0) is 21.3. The van der Waals surface area contributed by atoms with Gasteiger partial charge in [-0.3, -0.25) is 14.5 Å². The number of hydrogen-bond donors (Lipinski definition) is 1. The van der Waals surface area contributed by atoms with Gasteiger partial charge in [0.2, 0.25) is 0 Å². The molecule has 2 aliphatic rings. The number of rotatable bonds is 5. The Kier molecular flexibility index (Phi) is 5.80. The van der Waals surface area contributed by atoms with Crippen LogP contribution in [-0.4, -0.2) is 68.8 Å². The van der Waals surface area contributed by atoms with Crippen LogP contribution in [0, 0.1) is 11.7 Å². The molecule has 0 saturated carbocycles. The molecule has 8 nitrogen and oxygen atoms in total. The second-order valence-corrected chi connectivity index (χ2v) is 8.46. The van der Waals surface area contributed by atoms with Crippen LogP contribution < -0.4 is 5.32 Å². The van der Waals surface area contributed by atoms with E-state index in [2.05, 4.69) is 34.4 Å². The summed E-state index contributed by atoms with van der Waals surface area (Å²) in [6.07, 6.45) is 0.852. The molecule has 0 radical (unpaired) electrons. The largest absolute Gasteiger partial charge is 0.346 e. The number of carbonyl (C=O) groups excluding carboxylic acids is 2. The Bertz CT molecular complexity index is 918. The Balaban J connectivity index is 1.38. The summed E-state index contributed by atoms with van der Waals surface area (Å²) in [5.41, 5.74) is 1.42. The lowest BCUT2D eigenvalue weighted by Crippen LogP contribution is -2.49. The average Bonchev–Trinajstić information content (AvgIpc) is 3.14. The summed E-state index contributed by atoms with van der Waals surface area (Å²) >= 11 is 0. The van der Waals surface area contributed by atoms with E-state index in [0.717, 1.165) is 12.0 Å². The van der Waals surface area contributed by atoms with Crippen LogP contribution in [0.4, 0.5) is 4.39 Å². The molecule has 2 aromatic rings. The summed E-state index contributed by atoms with van der Waals surface area (Å²) in [5.74, 6) is -0.330. The fraction of sp³-hybridized carbons (Fsp3) is 0.524. The van der Waals surface area contributed by atoms with Crippen molar-refractivity contribution in [1.82, 2.24) is 30.1 Å². The second kappa shape index (κ2) is 8.51. The van der Waals surface area contributed by atoms with Gasteiger partial charge >= 0.3 is 0 Å². The van der Waals surface area contributed by atoms with E-state index in [1.54, 1.807) is 21.7 Å². The van der Waals surface area contributed by atoms with Crippen molar-refractivity contribution in [3.8, 4) is 0 Å². The van der Waals surface area contributed by atoms with E-state index in [1.807, 2.05) is 0 Å². The highest BCUT2D eigenvalue weighted by Crippen LogP contribution is 2.18.